The maximum atomic E-state index is 11.5. The van der Waals surface area contributed by atoms with E-state index in [-0.39, 0.29) is 12.1 Å². The third-order valence-corrected chi connectivity index (χ3v) is 8.82. The number of aliphatic hydroxyl groups is 1. The van der Waals surface area contributed by atoms with Gasteiger partial charge in [0.25, 0.3) is 0 Å². The van der Waals surface area contributed by atoms with Crippen molar-refractivity contribution in [2.24, 2.45) is 34.5 Å². The van der Waals surface area contributed by atoms with Gasteiger partial charge in [-0.15, -0.1) is 0 Å². The zero-order valence-electron chi connectivity index (χ0n) is 16.5. The largest absolute Gasteiger partial charge is 0.466 e. The summed E-state index contributed by atoms with van der Waals surface area (Å²) in [6.07, 6.45) is 15.4. The van der Waals surface area contributed by atoms with Crippen molar-refractivity contribution in [1.29, 1.82) is 0 Å². The second kappa shape index (κ2) is 6.51. The molecule has 0 unspecified atom stereocenters. The van der Waals surface area contributed by atoms with E-state index in [0.717, 1.165) is 37.0 Å². The molecule has 0 radical (unpaired) electrons. The van der Waals surface area contributed by atoms with Crippen LogP contribution in [-0.4, -0.2) is 24.3 Å². The van der Waals surface area contributed by atoms with E-state index in [1.165, 1.54) is 39.2 Å². The molecule has 0 amide bonds. The molecule has 0 spiro atoms. The molecule has 0 saturated heterocycles. The Balaban J connectivity index is 1.58. The number of carbonyl (C=O) groups is 1. The predicted octanol–water partition coefficient (Wildman–Crippen LogP) is 4.66. The molecule has 7 atom stereocenters. The summed E-state index contributed by atoms with van der Waals surface area (Å²) in [5.41, 5.74) is 2.17. The molecule has 26 heavy (non-hydrogen) atoms. The topological polar surface area (TPSA) is 46.5 Å². The molecule has 3 nitrogen and oxygen atoms in total. The van der Waals surface area contributed by atoms with Gasteiger partial charge in [-0.2, -0.15) is 0 Å². The van der Waals surface area contributed by atoms with E-state index in [2.05, 4.69) is 26.0 Å². The fourth-order valence-corrected chi connectivity index (χ4v) is 7.26. The molecule has 0 aromatic rings. The number of methoxy groups -OCH3 is 1. The number of aliphatic hydroxyl groups excluding tert-OH is 1. The van der Waals surface area contributed by atoms with Gasteiger partial charge in [-0.3, -0.25) is 0 Å². The third-order valence-electron chi connectivity index (χ3n) is 8.82. The summed E-state index contributed by atoms with van der Waals surface area (Å²) >= 11 is 0. The number of carbonyl (C=O) groups excluding carboxylic acids is 1. The van der Waals surface area contributed by atoms with E-state index in [1.807, 2.05) is 0 Å². The molecular formula is C23H34O3. The van der Waals surface area contributed by atoms with Crippen LogP contribution in [0.15, 0.2) is 23.8 Å². The zero-order chi connectivity index (χ0) is 18.5. The van der Waals surface area contributed by atoms with Gasteiger partial charge in [0.05, 0.1) is 13.2 Å². The minimum Gasteiger partial charge on any atom is -0.466 e. The Morgan fingerprint density at radius 2 is 2.00 bits per heavy atom. The Bertz CT molecular complexity index is 635. The number of allylic oxidation sites excluding steroid dienone is 2. The lowest BCUT2D eigenvalue weighted by Gasteiger charge is -2.58. The Labute approximate surface area is 157 Å². The maximum Gasteiger partial charge on any atom is 0.330 e. The quantitative estimate of drug-likeness (QED) is 0.444. The molecule has 0 aliphatic heterocycles. The van der Waals surface area contributed by atoms with Gasteiger partial charge in [0.2, 0.25) is 0 Å². The summed E-state index contributed by atoms with van der Waals surface area (Å²) in [6, 6.07) is 0. The molecule has 0 heterocycles. The molecule has 0 aromatic carbocycles. The first-order valence-corrected chi connectivity index (χ1v) is 10.5. The van der Waals surface area contributed by atoms with Crippen LogP contribution in [0.25, 0.3) is 0 Å². The second-order valence-electron chi connectivity index (χ2n) is 9.77. The first-order valence-electron chi connectivity index (χ1n) is 10.5. The fraction of sp³-hybridized carbons (Fsp3) is 0.783. The molecular weight excluding hydrogens is 324 g/mol. The highest BCUT2D eigenvalue weighted by Gasteiger charge is 2.58. The van der Waals surface area contributed by atoms with Gasteiger partial charge in [0, 0.05) is 6.08 Å². The number of hydrogen-bond donors (Lipinski definition) is 1. The van der Waals surface area contributed by atoms with Gasteiger partial charge < -0.3 is 9.84 Å². The van der Waals surface area contributed by atoms with Crippen molar-refractivity contribution < 1.29 is 14.6 Å². The van der Waals surface area contributed by atoms with Crippen molar-refractivity contribution in [2.45, 2.75) is 71.3 Å². The molecule has 3 fully saturated rings. The lowest BCUT2D eigenvalue weighted by Crippen LogP contribution is -2.50. The van der Waals surface area contributed by atoms with Crippen molar-refractivity contribution in [3.05, 3.63) is 23.8 Å². The third kappa shape index (κ3) is 2.69. The standard InChI is InChI=1S/C23H34O3/c1-22-13-11-20-18(7-4-16-14-17(24)10-12-23(16,20)2)19(22)8-5-15(22)6-9-21(25)26-3/h4,6,9,15,17-20,24H,5,7-8,10-14H2,1-3H3/b9-6+/t15-,17+,18+,19+,20+,22-,23+/m1/s1. The van der Waals surface area contributed by atoms with Crippen molar-refractivity contribution in [3.63, 3.8) is 0 Å². The Morgan fingerprint density at radius 1 is 1.19 bits per heavy atom. The van der Waals surface area contributed by atoms with Crippen LogP contribution in [0.2, 0.25) is 0 Å². The van der Waals surface area contributed by atoms with Crippen molar-refractivity contribution in [1.82, 2.24) is 0 Å². The fourth-order valence-electron chi connectivity index (χ4n) is 7.26. The van der Waals surface area contributed by atoms with Crippen LogP contribution in [0.3, 0.4) is 0 Å². The number of hydrogen-bond acceptors (Lipinski definition) is 3. The highest BCUT2D eigenvalue weighted by Crippen LogP contribution is 2.66. The SMILES string of the molecule is COC(=O)/C=C/[C@H]1CC[C@H]2[C@@H]3CC=C4C[C@@H](O)CC[C@]4(C)[C@H]3CC[C@]12C. The smallest absolute Gasteiger partial charge is 0.330 e. The summed E-state index contributed by atoms with van der Waals surface area (Å²) in [6.45, 7) is 4.95. The van der Waals surface area contributed by atoms with E-state index in [0.29, 0.717) is 16.7 Å². The summed E-state index contributed by atoms with van der Waals surface area (Å²) in [4.78, 5) is 11.5. The number of ether oxygens (including phenoxy) is 1. The Morgan fingerprint density at radius 3 is 2.77 bits per heavy atom. The van der Waals surface area contributed by atoms with Crippen LogP contribution < -0.4 is 0 Å². The van der Waals surface area contributed by atoms with E-state index >= 15 is 0 Å². The van der Waals surface area contributed by atoms with Crippen LogP contribution in [0.5, 0.6) is 0 Å². The summed E-state index contributed by atoms with van der Waals surface area (Å²) in [5.74, 6) is 2.57. The Hall–Kier alpha value is -1.09. The summed E-state index contributed by atoms with van der Waals surface area (Å²) < 4.78 is 4.79. The second-order valence-corrected chi connectivity index (χ2v) is 9.77. The number of esters is 1. The minimum atomic E-state index is -0.232. The van der Waals surface area contributed by atoms with Gasteiger partial charge in [-0.25, -0.2) is 4.79 Å². The molecule has 0 aromatic heterocycles. The van der Waals surface area contributed by atoms with Gasteiger partial charge in [0.1, 0.15) is 0 Å². The van der Waals surface area contributed by atoms with E-state index in [9.17, 15) is 9.90 Å². The highest BCUT2D eigenvalue weighted by molar-refractivity contribution is 5.81. The Kier molecular flexibility index (Phi) is 4.58. The van der Waals surface area contributed by atoms with Crippen LogP contribution in [0.4, 0.5) is 0 Å². The number of fused-ring (bicyclic) bond motifs is 5. The predicted molar refractivity (Wildman–Crippen MR) is 102 cm³/mol. The van der Waals surface area contributed by atoms with Crippen molar-refractivity contribution in [2.75, 3.05) is 7.11 Å². The molecule has 144 valence electrons. The summed E-state index contributed by atoms with van der Waals surface area (Å²) in [7, 11) is 1.45. The van der Waals surface area contributed by atoms with Crippen molar-refractivity contribution >= 4 is 5.97 Å². The molecule has 1 N–H and O–H groups in total. The lowest BCUT2D eigenvalue weighted by atomic mass is 9.47. The van der Waals surface area contributed by atoms with E-state index < -0.39 is 0 Å². The molecule has 0 bridgehead atoms. The highest BCUT2D eigenvalue weighted by atomic mass is 16.5. The van der Waals surface area contributed by atoms with Gasteiger partial charge in [-0.05, 0) is 85.9 Å². The molecule has 4 aliphatic rings. The molecule has 3 heteroatoms. The van der Waals surface area contributed by atoms with Crippen LogP contribution >= 0.6 is 0 Å². The maximum absolute atomic E-state index is 11.5. The van der Waals surface area contributed by atoms with E-state index in [1.54, 1.807) is 11.6 Å². The van der Waals surface area contributed by atoms with Gasteiger partial charge in [-0.1, -0.05) is 31.6 Å². The molecule has 4 aliphatic carbocycles. The number of rotatable bonds is 2. The van der Waals surface area contributed by atoms with Gasteiger partial charge >= 0.3 is 5.97 Å². The van der Waals surface area contributed by atoms with Crippen LogP contribution in [0, 0.1) is 34.5 Å². The lowest BCUT2D eigenvalue weighted by molar-refractivity contribution is -0.134. The van der Waals surface area contributed by atoms with Gasteiger partial charge in [0.15, 0.2) is 0 Å². The normalized spacial score (nSPS) is 47.7. The first-order chi connectivity index (χ1) is 12.4. The average molecular weight is 359 g/mol. The van der Waals surface area contributed by atoms with Crippen LogP contribution in [0.1, 0.15) is 65.2 Å². The van der Waals surface area contributed by atoms with Crippen LogP contribution in [-0.2, 0) is 9.53 Å². The first kappa shape index (κ1) is 18.3. The summed E-state index contributed by atoms with van der Waals surface area (Å²) in [5, 5.41) is 10.1. The molecule has 3 saturated carbocycles. The minimum absolute atomic E-state index is 0.126. The molecule has 4 rings (SSSR count). The average Bonchev–Trinajstić information content (AvgIpc) is 2.96. The van der Waals surface area contributed by atoms with Crippen molar-refractivity contribution in [3.8, 4) is 0 Å². The zero-order valence-corrected chi connectivity index (χ0v) is 16.5. The monoisotopic (exact) mass is 358 g/mol. The van der Waals surface area contributed by atoms with E-state index in [4.69, 9.17) is 4.74 Å².